The number of thiophene rings is 1. The highest BCUT2D eigenvalue weighted by atomic mass is 32.1. The molecule has 3 heterocycles. The van der Waals surface area contributed by atoms with Crippen LogP contribution in [-0.2, 0) is 0 Å². The molecular weight excluding hydrogens is 579 g/mol. The van der Waals surface area contributed by atoms with Crippen LogP contribution in [0.25, 0.3) is 92.0 Å². The Morgan fingerprint density at radius 2 is 1.15 bits per heavy atom. The lowest BCUT2D eigenvalue weighted by molar-refractivity contribution is 1.20. The molecule has 0 atom stereocenters. The van der Waals surface area contributed by atoms with Crippen molar-refractivity contribution in [2.45, 2.75) is 0 Å². The average Bonchev–Trinajstić information content (AvgIpc) is 3.67. The van der Waals surface area contributed by atoms with E-state index < -0.39 is 0 Å². The summed E-state index contributed by atoms with van der Waals surface area (Å²) in [5, 5.41) is 8.59. The number of fused-ring (bicyclic) bond motifs is 9. The lowest BCUT2D eigenvalue weighted by Crippen LogP contribution is -1.95. The predicted molar refractivity (Wildman–Crippen MR) is 195 cm³/mol. The maximum Gasteiger partial charge on any atom is 0.161 e. The van der Waals surface area contributed by atoms with Crippen molar-refractivity contribution in [2.24, 2.45) is 0 Å². The SMILES string of the molecule is c1ccc(-c2nc(-c3cccc4c3sc3c4ccc4c3c3ccccc3n4-c3cccc4ccccc34)nc3ccccc23)cc1. The Morgan fingerprint density at radius 3 is 2.07 bits per heavy atom. The molecule has 0 aliphatic heterocycles. The van der Waals surface area contributed by atoms with E-state index in [0.29, 0.717) is 0 Å². The average molecular weight is 604 g/mol. The molecule has 0 saturated carbocycles. The van der Waals surface area contributed by atoms with Crippen molar-refractivity contribution in [3.8, 4) is 28.3 Å². The molecule has 10 rings (SSSR count). The minimum atomic E-state index is 0.754. The lowest BCUT2D eigenvalue weighted by Gasteiger charge is -2.11. The second-order valence-corrected chi connectivity index (χ2v) is 12.8. The van der Waals surface area contributed by atoms with Crippen LogP contribution < -0.4 is 0 Å². The van der Waals surface area contributed by atoms with Crippen LogP contribution in [0.4, 0.5) is 0 Å². The molecule has 0 unspecified atom stereocenters. The molecule has 3 aromatic heterocycles. The molecule has 10 aromatic rings. The summed E-state index contributed by atoms with van der Waals surface area (Å²) < 4.78 is 4.94. The van der Waals surface area contributed by atoms with Gasteiger partial charge in [-0.2, -0.15) is 0 Å². The number of hydrogen-bond acceptors (Lipinski definition) is 3. The van der Waals surface area contributed by atoms with E-state index in [4.69, 9.17) is 9.97 Å². The molecule has 0 bridgehead atoms. The summed E-state index contributed by atoms with van der Waals surface area (Å²) in [6.45, 7) is 0. The Labute approximate surface area is 268 Å². The molecule has 0 amide bonds. The number of benzene rings is 7. The first-order valence-electron chi connectivity index (χ1n) is 15.5. The van der Waals surface area contributed by atoms with Crippen molar-refractivity contribution < 1.29 is 0 Å². The quantitative estimate of drug-likeness (QED) is 0.201. The van der Waals surface area contributed by atoms with Crippen molar-refractivity contribution in [1.29, 1.82) is 0 Å². The lowest BCUT2D eigenvalue weighted by atomic mass is 10.0. The molecule has 7 aromatic carbocycles. The first kappa shape index (κ1) is 25.5. The van der Waals surface area contributed by atoms with Gasteiger partial charge in [0.15, 0.2) is 5.82 Å². The Kier molecular flexibility index (Phi) is 5.45. The Morgan fingerprint density at radius 1 is 0.457 bits per heavy atom. The summed E-state index contributed by atoms with van der Waals surface area (Å²) in [4.78, 5) is 10.4. The third-order valence-electron chi connectivity index (χ3n) is 9.20. The van der Waals surface area contributed by atoms with E-state index in [1.807, 2.05) is 17.4 Å². The largest absolute Gasteiger partial charge is 0.309 e. The second-order valence-electron chi connectivity index (χ2n) is 11.8. The van der Waals surface area contributed by atoms with E-state index in [9.17, 15) is 0 Å². The standard InChI is InChI=1S/C42H25N3S/c1-2-13-27(14-3-1)39-31-17-6-8-21-34(31)43-42(44-39)33-20-11-19-29-30-24-25-37-38(41(30)46-40(29)33)32-18-7-9-22-36(32)45(37)35-23-10-15-26-12-4-5-16-28(26)35/h1-25H. The van der Waals surface area contributed by atoms with Gasteiger partial charge in [-0.05, 0) is 35.7 Å². The van der Waals surface area contributed by atoms with Gasteiger partial charge in [0, 0.05) is 52.8 Å². The van der Waals surface area contributed by atoms with Crippen LogP contribution in [0.5, 0.6) is 0 Å². The topological polar surface area (TPSA) is 30.7 Å². The minimum Gasteiger partial charge on any atom is -0.309 e. The van der Waals surface area contributed by atoms with Crippen molar-refractivity contribution in [3.63, 3.8) is 0 Å². The molecule has 0 radical (unpaired) electrons. The van der Waals surface area contributed by atoms with Gasteiger partial charge >= 0.3 is 0 Å². The highest BCUT2D eigenvalue weighted by Gasteiger charge is 2.20. The van der Waals surface area contributed by atoms with E-state index >= 15 is 0 Å². The summed E-state index contributed by atoms with van der Waals surface area (Å²) in [6, 6.07) is 54.0. The molecule has 0 saturated heterocycles. The predicted octanol–water partition coefficient (Wildman–Crippen LogP) is 11.6. The second kappa shape index (κ2) is 9.83. The molecule has 0 N–H and O–H groups in total. The van der Waals surface area contributed by atoms with E-state index in [1.54, 1.807) is 0 Å². The first-order valence-corrected chi connectivity index (χ1v) is 16.3. The number of para-hydroxylation sites is 2. The van der Waals surface area contributed by atoms with Crippen LogP contribution in [0.1, 0.15) is 0 Å². The smallest absolute Gasteiger partial charge is 0.161 e. The highest BCUT2D eigenvalue weighted by molar-refractivity contribution is 7.27. The van der Waals surface area contributed by atoms with Crippen molar-refractivity contribution in [3.05, 3.63) is 152 Å². The van der Waals surface area contributed by atoms with E-state index in [1.165, 1.54) is 58.4 Å². The van der Waals surface area contributed by atoms with Gasteiger partial charge in [0.25, 0.3) is 0 Å². The fourth-order valence-corrected chi connectivity index (χ4v) is 8.53. The van der Waals surface area contributed by atoms with Crippen LogP contribution in [0, 0.1) is 0 Å². The zero-order valence-electron chi connectivity index (χ0n) is 24.7. The van der Waals surface area contributed by atoms with Gasteiger partial charge in [-0.15, -0.1) is 11.3 Å². The summed E-state index contributed by atoms with van der Waals surface area (Å²) in [5.41, 5.74) is 7.69. The third kappa shape index (κ3) is 3.65. The number of hydrogen-bond donors (Lipinski definition) is 0. The zero-order valence-corrected chi connectivity index (χ0v) is 25.5. The molecule has 0 aliphatic carbocycles. The van der Waals surface area contributed by atoms with Crippen molar-refractivity contribution in [1.82, 2.24) is 14.5 Å². The van der Waals surface area contributed by atoms with Gasteiger partial charge in [-0.25, -0.2) is 9.97 Å². The van der Waals surface area contributed by atoms with E-state index in [0.717, 1.165) is 33.5 Å². The third-order valence-corrected chi connectivity index (χ3v) is 10.5. The van der Waals surface area contributed by atoms with Gasteiger partial charge in [0.1, 0.15) is 0 Å². The maximum atomic E-state index is 5.24. The van der Waals surface area contributed by atoms with Crippen LogP contribution in [-0.4, -0.2) is 14.5 Å². The normalized spacial score (nSPS) is 11.9. The van der Waals surface area contributed by atoms with Crippen LogP contribution in [0.3, 0.4) is 0 Å². The summed E-state index contributed by atoms with van der Waals surface area (Å²) in [6.07, 6.45) is 0. The van der Waals surface area contributed by atoms with Gasteiger partial charge < -0.3 is 4.57 Å². The Bertz CT molecular complexity index is 2800. The van der Waals surface area contributed by atoms with E-state index in [2.05, 4.69) is 150 Å². The minimum absolute atomic E-state index is 0.754. The zero-order chi connectivity index (χ0) is 30.2. The van der Waals surface area contributed by atoms with Gasteiger partial charge in [-0.3, -0.25) is 0 Å². The van der Waals surface area contributed by atoms with Crippen molar-refractivity contribution in [2.75, 3.05) is 0 Å². The molecule has 46 heavy (non-hydrogen) atoms. The van der Waals surface area contributed by atoms with Gasteiger partial charge in [0.2, 0.25) is 0 Å². The molecule has 4 heteroatoms. The monoisotopic (exact) mass is 603 g/mol. The van der Waals surface area contributed by atoms with Gasteiger partial charge in [0.05, 0.1) is 27.9 Å². The molecule has 0 aliphatic rings. The van der Waals surface area contributed by atoms with Crippen LogP contribution in [0.15, 0.2) is 152 Å². The molecule has 3 nitrogen and oxygen atoms in total. The molecular formula is C42H25N3S. The van der Waals surface area contributed by atoms with Crippen LogP contribution in [0.2, 0.25) is 0 Å². The molecule has 0 spiro atoms. The van der Waals surface area contributed by atoms with Gasteiger partial charge in [-0.1, -0.05) is 121 Å². The molecule has 214 valence electrons. The van der Waals surface area contributed by atoms with E-state index in [-0.39, 0.29) is 0 Å². The summed E-state index contributed by atoms with van der Waals surface area (Å²) in [7, 11) is 0. The number of aromatic nitrogens is 3. The van der Waals surface area contributed by atoms with Crippen molar-refractivity contribution >= 4 is 75.0 Å². The maximum absolute atomic E-state index is 5.24. The van der Waals surface area contributed by atoms with Crippen LogP contribution >= 0.6 is 11.3 Å². The summed E-state index contributed by atoms with van der Waals surface area (Å²) >= 11 is 1.85. The number of rotatable bonds is 3. The highest BCUT2D eigenvalue weighted by Crippen LogP contribution is 2.46. The fourth-order valence-electron chi connectivity index (χ4n) is 7.16. The molecule has 0 fully saturated rings. The Hall–Kier alpha value is -5.84. The fraction of sp³-hybridized carbons (Fsp3) is 0. The summed E-state index contributed by atoms with van der Waals surface area (Å²) in [5.74, 6) is 0.754. The first-order chi connectivity index (χ1) is 22.8. The number of nitrogens with zero attached hydrogens (tertiary/aromatic N) is 3. The Balaban J connectivity index is 1.28.